The van der Waals surface area contributed by atoms with E-state index in [1.54, 1.807) is 4.90 Å². The predicted octanol–water partition coefficient (Wildman–Crippen LogP) is 2.66. The number of carbonyl (C=O) groups is 1. The number of hydrogen-bond donors (Lipinski definition) is 0. The summed E-state index contributed by atoms with van der Waals surface area (Å²) in [6.45, 7) is 9.91. The number of hydrogen-bond acceptors (Lipinski definition) is 3. The van der Waals surface area contributed by atoms with Crippen LogP contribution in [0.5, 0.6) is 0 Å². The standard InChI is InChI=1S/C20H26BFN2O3/c1-18(2)19(3,4)27-21(26-18)14-8-7-13-9-16(23(6)15(13)10-14)17(25)24-11-20(5,22)12-24/h7-10H,11-12H2,1-6H3. The van der Waals surface area contributed by atoms with E-state index in [0.717, 1.165) is 16.4 Å². The largest absolute Gasteiger partial charge is 0.494 e. The van der Waals surface area contributed by atoms with Gasteiger partial charge >= 0.3 is 7.12 Å². The Bertz CT molecular complexity index is 911. The lowest BCUT2D eigenvalue weighted by Crippen LogP contribution is -2.59. The third-order valence-corrected chi connectivity index (χ3v) is 6.14. The highest BCUT2D eigenvalue weighted by Gasteiger charge is 2.51. The monoisotopic (exact) mass is 372 g/mol. The van der Waals surface area contributed by atoms with Gasteiger partial charge in [0, 0.05) is 18.0 Å². The van der Waals surface area contributed by atoms with E-state index >= 15 is 0 Å². The molecule has 0 saturated carbocycles. The third-order valence-electron chi connectivity index (χ3n) is 6.14. The molecule has 2 fully saturated rings. The fourth-order valence-corrected chi connectivity index (χ4v) is 3.73. The summed E-state index contributed by atoms with van der Waals surface area (Å²) < 4.78 is 27.9. The van der Waals surface area contributed by atoms with Crippen LogP contribution in [0.2, 0.25) is 0 Å². The first-order valence-corrected chi connectivity index (χ1v) is 9.33. The Labute approximate surface area is 159 Å². The maximum atomic E-state index is 13.8. The van der Waals surface area contributed by atoms with E-state index in [2.05, 4.69) is 0 Å². The smallest absolute Gasteiger partial charge is 0.399 e. The SMILES string of the molecule is Cn1c(C(=O)N2CC(C)(F)C2)cc2ccc(B3OC(C)(C)C(C)(C)O3)cc21. The van der Waals surface area contributed by atoms with Crippen molar-refractivity contribution in [3.63, 3.8) is 0 Å². The Balaban J connectivity index is 1.64. The second-order valence-electron chi connectivity index (χ2n) is 9.07. The molecule has 0 spiro atoms. The fourth-order valence-electron chi connectivity index (χ4n) is 3.73. The van der Waals surface area contributed by atoms with Crippen molar-refractivity contribution in [3.05, 3.63) is 30.0 Å². The van der Waals surface area contributed by atoms with Crippen molar-refractivity contribution in [2.75, 3.05) is 13.1 Å². The van der Waals surface area contributed by atoms with E-state index in [1.807, 2.05) is 63.6 Å². The number of halogens is 1. The van der Waals surface area contributed by atoms with Crippen molar-refractivity contribution < 1.29 is 18.5 Å². The Hall–Kier alpha value is -1.86. The van der Waals surface area contributed by atoms with Gasteiger partial charge < -0.3 is 18.8 Å². The summed E-state index contributed by atoms with van der Waals surface area (Å²) in [5.74, 6) is -0.138. The first-order valence-electron chi connectivity index (χ1n) is 9.33. The average Bonchev–Trinajstić information content (AvgIpc) is 2.97. The summed E-state index contributed by atoms with van der Waals surface area (Å²) >= 11 is 0. The van der Waals surface area contributed by atoms with E-state index in [-0.39, 0.29) is 19.0 Å². The zero-order valence-electron chi connectivity index (χ0n) is 16.8. The highest BCUT2D eigenvalue weighted by atomic mass is 19.1. The number of aromatic nitrogens is 1. The van der Waals surface area contributed by atoms with Crippen LogP contribution in [0, 0.1) is 0 Å². The predicted molar refractivity (Wildman–Crippen MR) is 104 cm³/mol. The Kier molecular flexibility index (Phi) is 3.82. The van der Waals surface area contributed by atoms with Crippen molar-refractivity contribution in [1.29, 1.82) is 0 Å². The third kappa shape index (κ3) is 2.88. The van der Waals surface area contributed by atoms with Gasteiger partial charge in [-0.25, -0.2) is 4.39 Å². The molecule has 0 aliphatic carbocycles. The summed E-state index contributed by atoms with van der Waals surface area (Å²) in [6, 6.07) is 7.81. The summed E-state index contributed by atoms with van der Waals surface area (Å²) in [6.07, 6.45) is 0. The van der Waals surface area contributed by atoms with E-state index in [4.69, 9.17) is 9.31 Å². The average molecular weight is 372 g/mol. The van der Waals surface area contributed by atoms with Crippen LogP contribution in [-0.2, 0) is 16.4 Å². The van der Waals surface area contributed by atoms with Crippen molar-refractivity contribution in [2.24, 2.45) is 7.05 Å². The van der Waals surface area contributed by atoms with Gasteiger partial charge in [-0.15, -0.1) is 0 Å². The highest BCUT2D eigenvalue weighted by Crippen LogP contribution is 2.36. The van der Waals surface area contributed by atoms with Crippen molar-refractivity contribution in [2.45, 2.75) is 51.5 Å². The van der Waals surface area contributed by atoms with Crippen LogP contribution in [0.3, 0.4) is 0 Å². The second kappa shape index (κ2) is 5.58. The zero-order chi connectivity index (χ0) is 19.8. The van der Waals surface area contributed by atoms with Gasteiger partial charge in [-0.2, -0.15) is 0 Å². The van der Waals surface area contributed by atoms with E-state index in [0.29, 0.717) is 5.69 Å². The summed E-state index contributed by atoms with van der Waals surface area (Å²) in [5, 5.41) is 0.963. The number of amides is 1. The van der Waals surface area contributed by atoms with E-state index in [1.165, 1.54) is 6.92 Å². The lowest BCUT2D eigenvalue weighted by molar-refractivity contribution is -0.00842. The molecule has 1 amide bonds. The van der Waals surface area contributed by atoms with E-state index < -0.39 is 24.0 Å². The van der Waals surface area contributed by atoms with Crippen LogP contribution in [0.25, 0.3) is 10.9 Å². The molecule has 2 saturated heterocycles. The number of alkyl halides is 1. The van der Waals surface area contributed by atoms with E-state index in [9.17, 15) is 9.18 Å². The molecular formula is C20H26BFN2O3. The molecule has 0 N–H and O–H groups in total. The number of benzene rings is 1. The molecule has 7 heteroatoms. The minimum atomic E-state index is -1.27. The number of aryl methyl sites for hydroxylation is 1. The molecule has 3 heterocycles. The topological polar surface area (TPSA) is 43.7 Å². The van der Waals surface area contributed by atoms with Gasteiger partial charge in [-0.05, 0) is 52.2 Å². The molecule has 5 nitrogen and oxygen atoms in total. The van der Waals surface area contributed by atoms with Gasteiger partial charge in [-0.3, -0.25) is 4.79 Å². The first-order chi connectivity index (χ1) is 12.4. The van der Waals surface area contributed by atoms with Crippen LogP contribution >= 0.6 is 0 Å². The normalized spacial score (nSPS) is 22.9. The van der Waals surface area contributed by atoms with Gasteiger partial charge in [0.05, 0.1) is 24.3 Å². The minimum Gasteiger partial charge on any atom is -0.399 e. The van der Waals surface area contributed by atoms with Crippen molar-refractivity contribution in [3.8, 4) is 0 Å². The summed E-state index contributed by atoms with van der Waals surface area (Å²) in [4.78, 5) is 14.3. The lowest BCUT2D eigenvalue weighted by atomic mass is 9.79. The molecule has 1 aromatic carbocycles. The van der Waals surface area contributed by atoms with Gasteiger partial charge in [0.25, 0.3) is 5.91 Å². The fraction of sp³-hybridized carbons (Fsp3) is 0.550. The van der Waals surface area contributed by atoms with Crippen molar-refractivity contribution in [1.82, 2.24) is 9.47 Å². The quantitative estimate of drug-likeness (QED) is 0.762. The maximum Gasteiger partial charge on any atom is 0.494 e. The first kappa shape index (κ1) is 18.5. The van der Waals surface area contributed by atoms with Crippen molar-refractivity contribution >= 4 is 29.4 Å². The van der Waals surface area contributed by atoms with Gasteiger partial charge in [-0.1, -0.05) is 12.1 Å². The molecular weight excluding hydrogens is 346 g/mol. The molecule has 2 aromatic rings. The van der Waals surface area contributed by atoms with Crippen LogP contribution in [0.1, 0.15) is 45.1 Å². The molecule has 4 rings (SSSR count). The maximum absolute atomic E-state index is 13.8. The minimum absolute atomic E-state index is 0.138. The Morgan fingerprint density at radius 3 is 2.22 bits per heavy atom. The molecule has 0 bridgehead atoms. The van der Waals surface area contributed by atoms with Crippen LogP contribution < -0.4 is 5.46 Å². The molecule has 0 unspecified atom stereocenters. The number of rotatable bonds is 2. The Morgan fingerprint density at radius 2 is 1.67 bits per heavy atom. The molecule has 2 aliphatic rings. The van der Waals surface area contributed by atoms with Gasteiger partial charge in [0.15, 0.2) is 0 Å². The number of carbonyl (C=O) groups excluding carboxylic acids is 1. The summed E-state index contributed by atoms with van der Waals surface area (Å²) in [7, 11) is 1.41. The molecule has 144 valence electrons. The van der Waals surface area contributed by atoms with Crippen LogP contribution in [-0.4, -0.2) is 52.5 Å². The molecule has 2 aliphatic heterocycles. The lowest BCUT2D eigenvalue weighted by Gasteiger charge is -2.42. The number of likely N-dealkylation sites (tertiary alicyclic amines) is 1. The van der Waals surface area contributed by atoms with Crippen LogP contribution in [0.4, 0.5) is 4.39 Å². The molecule has 0 atom stereocenters. The molecule has 0 radical (unpaired) electrons. The Morgan fingerprint density at radius 1 is 1.07 bits per heavy atom. The number of nitrogens with zero attached hydrogens (tertiary/aromatic N) is 2. The zero-order valence-corrected chi connectivity index (χ0v) is 16.8. The highest BCUT2D eigenvalue weighted by molar-refractivity contribution is 6.62. The second-order valence-corrected chi connectivity index (χ2v) is 9.07. The molecule has 27 heavy (non-hydrogen) atoms. The van der Waals surface area contributed by atoms with Gasteiger partial charge in [0.1, 0.15) is 11.4 Å². The number of fused-ring (bicyclic) bond motifs is 1. The summed E-state index contributed by atoms with van der Waals surface area (Å²) in [5.41, 5.74) is 0.323. The van der Waals surface area contributed by atoms with Crippen LogP contribution in [0.15, 0.2) is 24.3 Å². The molecule has 1 aromatic heterocycles. The van der Waals surface area contributed by atoms with Gasteiger partial charge in [0.2, 0.25) is 0 Å².